The average molecular weight is 201 g/mol. The minimum Gasteiger partial charge on any atom is -0.469 e. The van der Waals surface area contributed by atoms with Crippen molar-refractivity contribution >= 4 is 5.97 Å². The number of methoxy groups -OCH3 is 1. The summed E-state index contributed by atoms with van der Waals surface area (Å²) in [6.07, 6.45) is 0.966. The van der Waals surface area contributed by atoms with Gasteiger partial charge in [0.25, 0.3) is 0 Å². The van der Waals surface area contributed by atoms with Crippen LogP contribution in [0.15, 0.2) is 0 Å². The lowest BCUT2D eigenvalue weighted by Gasteiger charge is -2.23. The van der Waals surface area contributed by atoms with Crippen molar-refractivity contribution in [2.75, 3.05) is 41.0 Å². The Kier molecular flexibility index (Phi) is 4.35. The molecule has 0 radical (unpaired) electrons. The van der Waals surface area contributed by atoms with Gasteiger partial charge in [-0.15, -0.1) is 0 Å². The fourth-order valence-corrected chi connectivity index (χ4v) is 1.83. The van der Waals surface area contributed by atoms with E-state index in [-0.39, 0.29) is 11.9 Å². The van der Waals surface area contributed by atoms with E-state index in [0.29, 0.717) is 12.5 Å². The third-order valence-electron chi connectivity index (χ3n) is 2.60. The van der Waals surface area contributed by atoms with Crippen LogP contribution in [0.1, 0.15) is 6.42 Å². The van der Waals surface area contributed by atoms with Gasteiger partial charge in [-0.3, -0.25) is 4.79 Å². The van der Waals surface area contributed by atoms with Crippen LogP contribution in [0.2, 0.25) is 0 Å². The van der Waals surface area contributed by atoms with E-state index in [4.69, 9.17) is 9.47 Å². The second-order valence-electron chi connectivity index (χ2n) is 4.02. The number of ether oxygens (including phenoxy) is 2. The minimum atomic E-state index is -0.116. The van der Waals surface area contributed by atoms with Crippen molar-refractivity contribution in [2.24, 2.45) is 11.8 Å². The van der Waals surface area contributed by atoms with Crippen molar-refractivity contribution in [3.63, 3.8) is 0 Å². The Hall–Kier alpha value is -0.610. The van der Waals surface area contributed by atoms with Gasteiger partial charge < -0.3 is 14.4 Å². The second kappa shape index (κ2) is 5.32. The molecule has 0 amide bonds. The standard InChI is InChI=1S/C10H19NO3/c1-11(2)6-9(10(12)13-3)8-4-5-14-7-8/h8-9H,4-7H2,1-3H3. The van der Waals surface area contributed by atoms with Gasteiger partial charge in [-0.05, 0) is 26.4 Å². The molecule has 0 saturated carbocycles. The van der Waals surface area contributed by atoms with E-state index in [1.807, 2.05) is 19.0 Å². The van der Waals surface area contributed by atoms with Gasteiger partial charge in [-0.1, -0.05) is 0 Å². The van der Waals surface area contributed by atoms with Gasteiger partial charge in [-0.2, -0.15) is 0 Å². The molecule has 1 aliphatic heterocycles. The lowest BCUT2D eigenvalue weighted by molar-refractivity contribution is -0.148. The van der Waals surface area contributed by atoms with Crippen molar-refractivity contribution in [3.8, 4) is 0 Å². The van der Waals surface area contributed by atoms with Crippen LogP contribution >= 0.6 is 0 Å². The molecule has 1 rings (SSSR count). The number of esters is 1. The number of nitrogens with zero attached hydrogens (tertiary/aromatic N) is 1. The molecule has 2 atom stereocenters. The van der Waals surface area contributed by atoms with E-state index in [9.17, 15) is 4.79 Å². The summed E-state index contributed by atoms with van der Waals surface area (Å²) in [4.78, 5) is 13.5. The first-order valence-corrected chi connectivity index (χ1v) is 4.95. The zero-order valence-corrected chi connectivity index (χ0v) is 9.16. The fourth-order valence-electron chi connectivity index (χ4n) is 1.83. The predicted molar refractivity (Wildman–Crippen MR) is 53.0 cm³/mol. The molecular formula is C10H19NO3. The summed E-state index contributed by atoms with van der Waals surface area (Å²) < 4.78 is 10.1. The summed E-state index contributed by atoms with van der Waals surface area (Å²) >= 11 is 0. The molecule has 0 aromatic rings. The first kappa shape index (κ1) is 11.5. The highest BCUT2D eigenvalue weighted by Crippen LogP contribution is 2.23. The van der Waals surface area contributed by atoms with Gasteiger partial charge in [-0.25, -0.2) is 0 Å². The third-order valence-corrected chi connectivity index (χ3v) is 2.60. The topological polar surface area (TPSA) is 38.8 Å². The van der Waals surface area contributed by atoms with Crippen molar-refractivity contribution in [2.45, 2.75) is 6.42 Å². The molecule has 0 aromatic carbocycles. The largest absolute Gasteiger partial charge is 0.469 e. The Morgan fingerprint density at radius 2 is 2.36 bits per heavy atom. The van der Waals surface area contributed by atoms with Crippen LogP contribution in [0.5, 0.6) is 0 Å². The zero-order chi connectivity index (χ0) is 10.6. The SMILES string of the molecule is COC(=O)C(CN(C)C)C1CCOC1. The minimum absolute atomic E-state index is 0.0440. The highest BCUT2D eigenvalue weighted by atomic mass is 16.5. The van der Waals surface area contributed by atoms with Crippen molar-refractivity contribution in [3.05, 3.63) is 0 Å². The van der Waals surface area contributed by atoms with E-state index in [1.165, 1.54) is 7.11 Å². The van der Waals surface area contributed by atoms with Gasteiger partial charge in [0, 0.05) is 13.2 Å². The van der Waals surface area contributed by atoms with E-state index >= 15 is 0 Å². The zero-order valence-electron chi connectivity index (χ0n) is 9.16. The van der Waals surface area contributed by atoms with Gasteiger partial charge in [0.05, 0.1) is 19.6 Å². The molecule has 0 bridgehead atoms. The summed E-state index contributed by atoms with van der Waals surface area (Å²) in [5, 5.41) is 0. The predicted octanol–water partition coefficient (Wildman–Crippen LogP) is 0.374. The Labute approximate surface area is 85.2 Å². The summed E-state index contributed by atoms with van der Waals surface area (Å²) in [5.74, 6) is 0.163. The Bertz CT molecular complexity index is 188. The molecule has 0 aliphatic carbocycles. The summed E-state index contributed by atoms with van der Waals surface area (Å²) in [5.41, 5.74) is 0. The number of hydrogen-bond donors (Lipinski definition) is 0. The molecular weight excluding hydrogens is 182 g/mol. The van der Waals surface area contributed by atoms with Gasteiger partial charge in [0.2, 0.25) is 0 Å². The van der Waals surface area contributed by atoms with Gasteiger partial charge >= 0.3 is 5.97 Å². The molecule has 1 heterocycles. The number of carbonyl (C=O) groups excluding carboxylic acids is 1. The van der Waals surface area contributed by atoms with Crippen molar-refractivity contribution in [1.29, 1.82) is 0 Å². The lowest BCUT2D eigenvalue weighted by Crippen LogP contribution is -2.34. The maximum Gasteiger partial charge on any atom is 0.310 e. The van der Waals surface area contributed by atoms with Gasteiger partial charge in [0.15, 0.2) is 0 Å². The molecule has 1 saturated heterocycles. The summed E-state index contributed by atoms with van der Waals surface area (Å²) in [6, 6.07) is 0. The van der Waals surface area contributed by atoms with Crippen molar-refractivity contribution < 1.29 is 14.3 Å². The monoisotopic (exact) mass is 201 g/mol. The van der Waals surface area contributed by atoms with Crippen LogP contribution in [0.3, 0.4) is 0 Å². The van der Waals surface area contributed by atoms with E-state index < -0.39 is 0 Å². The first-order valence-electron chi connectivity index (χ1n) is 4.95. The molecule has 1 aliphatic rings. The molecule has 1 fully saturated rings. The molecule has 14 heavy (non-hydrogen) atoms. The second-order valence-corrected chi connectivity index (χ2v) is 4.02. The fraction of sp³-hybridized carbons (Fsp3) is 0.900. The maximum absolute atomic E-state index is 11.5. The smallest absolute Gasteiger partial charge is 0.310 e. The molecule has 2 unspecified atom stereocenters. The van der Waals surface area contributed by atoms with Crippen LogP contribution in [0, 0.1) is 11.8 Å². The molecule has 0 spiro atoms. The third kappa shape index (κ3) is 2.96. The molecule has 0 N–H and O–H groups in total. The average Bonchev–Trinajstić information content (AvgIpc) is 2.65. The highest BCUT2D eigenvalue weighted by molar-refractivity contribution is 5.73. The van der Waals surface area contributed by atoms with Crippen LogP contribution < -0.4 is 0 Å². The van der Waals surface area contributed by atoms with Crippen LogP contribution in [-0.4, -0.2) is 51.8 Å². The first-order chi connectivity index (χ1) is 6.65. The normalized spacial score (nSPS) is 23.9. The molecule has 82 valence electrons. The van der Waals surface area contributed by atoms with Crippen LogP contribution in [0.4, 0.5) is 0 Å². The quantitative estimate of drug-likeness (QED) is 0.616. The van der Waals surface area contributed by atoms with Crippen molar-refractivity contribution in [1.82, 2.24) is 4.90 Å². The van der Waals surface area contributed by atoms with Crippen LogP contribution in [0.25, 0.3) is 0 Å². The summed E-state index contributed by atoms with van der Waals surface area (Å²) in [7, 11) is 5.37. The number of hydrogen-bond acceptors (Lipinski definition) is 4. The van der Waals surface area contributed by atoms with E-state index in [0.717, 1.165) is 19.6 Å². The highest BCUT2D eigenvalue weighted by Gasteiger charge is 2.32. The van der Waals surface area contributed by atoms with Gasteiger partial charge in [0.1, 0.15) is 0 Å². The number of rotatable bonds is 4. The van der Waals surface area contributed by atoms with E-state index in [2.05, 4.69) is 0 Å². The number of carbonyl (C=O) groups is 1. The molecule has 4 heteroatoms. The summed E-state index contributed by atoms with van der Waals surface area (Å²) in [6.45, 7) is 2.19. The Balaban J connectivity index is 2.55. The maximum atomic E-state index is 11.5. The lowest BCUT2D eigenvalue weighted by atomic mass is 9.91. The molecule has 0 aromatic heterocycles. The Morgan fingerprint density at radius 3 is 2.79 bits per heavy atom. The molecule has 4 nitrogen and oxygen atoms in total. The van der Waals surface area contributed by atoms with Crippen LogP contribution in [-0.2, 0) is 14.3 Å². The van der Waals surface area contributed by atoms with E-state index in [1.54, 1.807) is 0 Å². The Morgan fingerprint density at radius 1 is 1.64 bits per heavy atom.